The Labute approximate surface area is 155 Å². The molecule has 2 aromatic rings. The maximum absolute atomic E-state index is 11.1. The fourth-order valence-electron chi connectivity index (χ4n) is 1.87. The van der Waals surface area contributed by atoms with Crippen molar-refractivity contribution in [2.24, 2.45) is 0 Å². The Morgan fingerprint density at radius 3 is 1.79 bits per heavy atom. The van der Waals surface area contributed by atoms with Crippen molar-refractivity contribution in [3.8, 4) is 11.3 Å². The summed E-state index contributed by atoms with van der Waals surface area (Å²) < 4.78 is 31.7. The van der Waals surface area contributed by atoms with Gasteiger partial charge in [-0.25, -0.2) is 14.4 Å². The summed E-state index contributed by atoms with van der Waals surface area (Å²) in [6.45, 7) is 1.56. The average Bonchev–Trinajstić information content (AvgIpc) is 2.61. The molecule has 8 nitrogen and oxygen atoms in total. The van der Waals surface area contributed by atoms with Crippen LogP contribution in [-0.2, 0) is 4.79 Å². The van der Waals surface area contributed by atoms with Crippen molar-refractivity contribution in [1.82, 2.24) is 4.98 Å². The molecule has 0 saturated carbocycles. The van der Waals surface area contributed by atoms with E-state index in [1.54, 1.807) is 25.1 Å². The number of halogens is 3. The van der Waals surface area contributed by atoms with Crippen molar-refractivity contribution < 1.29 is 48.0 Å². The highest BCUT2D eigenvalue weighted by Gasteiger charge is 2.38. The predicted octanol–water partition coefficient (Wildman–Crippen LogP) is 2.83. The van der Waals surface area contributed by atoms with Gasteiger partial charge in [0.1, 0.15) is 0 Å². The van der Waals surface area contributed by atoms with Gasteiger partial charge in [-0.1, -0.05) is 6.07 Å². The normalized spacial score (nSPS) is 11.8. The van der Waals surface area contributed by atoms with Crippen LogP contribution in [0.5, 0.6) is 0 Å². The minimum Gasteiger partial charge on any atom is -0.478 e. The van der Waals surface area contributed by atoms with Gasteiger partial charge in [0.2, 0.25) is 0 Å². The first-order valence-electron chi connectivity index (χ1n) is 7.40. The predicted molar refractivity (Wildman–Crippen MR) is 87.9 cm³/mol. The number of aliphatic hydroxyl groups is 1. The molecule has 0 aliphatic carbocycles. The number of aliphatic hydroxyl groups excluding tert-OH is 1. The topological polar surface area (TPSA) is 145 Å². The van der Waals surface area contributed by atoms with Gasteiger partial charge in [-0.2, -0.15) is 13.2 Å². The first-order chi connectivity index (χ1) is 12.8. The average molecular weight is 401 g/mol. The molecule has 1 atom stereocenters. The number of aliphatic carboxylic acids is 1. The van der Waals surface area contributed by atoms with E-state index in [2.05, 4.69) is 4.98 Å². The lowest BCUT2D eigenvalue weighted by Gasteiger charge is -2.08. The van der Waals surface area contributed by atoms with Gasteiger partial charge in [-0.05, 0) is 37.3 Å². The second kappa shape index (κ2) is 8.95. The number of pyridine rings is 1. The third-order valence-electron chi connectivity index (χ3n) is 3.16. The molecule has 1 heterocycles. The van der Waals surface area contributed by atoms with Gasteiger partial charge in [0.05, 0.1) is 28.6 Å². The van der Waals surface area contributed by atoms with Crippen molar-refractivity contribution in [2.75, 3.05) is 0 Å². The monoisotopic (exact) mass is 401 g/mol. The van der Waals surface area contributed by atoms with Crippen LogP contribution in [0.2, 0.25) is 0 Å². The second-order valence-electron chi connectivity index (χ2n) is 5.34. The molecule has 1 aromatic carbocycles. The molecule has 0 spiro atoms. The quantitative estimate of drug-likeness (QED) is 0.612. The standard InChI is InChI=1S/C15H13NO5.C2HF3O2/c1-8(17)12-3-2-4-13(16-12)9-5-10(14(18)19)7-11(6-9)15(20)21;3-2(4,5)1(6)7/h2-8,17H,1H3,(H,18,19)(H,20,21);(H,6,7). The molecule has 0 aliphatic heterocycles. The first kappa shape index (κ1) is 22.6. The highest BCUT2D eigenvalue weighted by atomic mass is 19.4. The minimum atomic E-state index is -5.08. The number of benzene rings is 1. The molecule has 150 valence electrons. The molecular formula is C17H14F3NO7. The number of aromatic nitrogens is 1. The molecule has 2 rings (SSSR count). The number of rotatable bonds is 4. The molecule has 28 heavy (non-hydrogen) atoms. The number of carbonyl (C=O) groups is 3. The third kappa shape index (κ3) is 6.36. The summed E-state index contributed by atoms with van der Waals surface area (Å²) >= 11 is 0. The van der Waals surface area contributed by atoms with Gasteiger partial charge < -0.3 is 20.4 Å². The highest BCUT2D eigenvalue weighted by molar-refractivity contribution is 5.95. The fourth-order valence-corrected chi connectivity index (χ4v) is 1.87. The van der Waals surface area contributed by atoms with Crippen LogP contribution in [0.1, 0.15) is 39.4 Å². The van der Waals surface area contributed by atoms with Crippen molar-refractivity contribution >= 4 is 17.9 Å². The maximum atomic E-state index is 11.1. The van der Waals surface area contributed by atoms with E-state index in [0.717, 1.165) is 6.07 Å². The van der Waals surface area contributed by atoms with Crippen molar-refractivity contribution in [1.29, 1.82) is 0 Å². The Morgan fingerprint density at radius 1 is 0.964 bits per heavy atom. The van der Waals surface area contributed by atoms with E-state index in [9.17, 15) is 27.9 Å². The Morgan fingerprint density at radius 2 is 1.43 bits per heavy atom. The third-order valence-corrected chi connectivity index (χ3v) is 3.16. The zero-order valence-corrected chi connectivity index (χ0v) is 14.1. The lowest BCUT2D eigenvalue weighted by Crippen LogP contribution is -2.21. The molecule has 4 N–H and O–H groups in total. The molecule has 0 bridgehead atoms. The Hall–Kier alpha value is -3.47. The van der Waals surface area contributed by atoms with Gasteiger partial charge in [0.15, 0.2) is 0 Å². The molecule has 0 radical (unpaired) electrons. The second-order valence-corrected chi connectivity index (χ2v) is 5.34. The lowest BCUT2D eigenvalue weighted by atomic mass is 10.0. The molecule has 11 heteroatoms. The summed E-state index contributed by atoms with van der Waals surface area (Å²) in [6, 6.07) is 8.71. The summed E-state index contributed by atoms with van der Waals surface area (Å²) in [5.74, 6) is -5.19. The van der Waals surface area contributed by atoms with Crippen LogP contribution in [0.4, 0.5) is 13.2 Å². The van der Waals surface area contributed by atoms with Crippen molar-refractivity contribution in [2.45, 2.75) is 19.2 Å². The zero-order valence-electron chi connectivity index (χ0n) is 14.1. The van der Waals surface area contributed by atoms with Gasteiger partial charge in [-0.15, -0.1) is 0 Å². The molecule has 0 amide bonds. The van der Waals surface area contributed by atoms with Crippen LogP contribution in [0.25, 0.3) is 11.3 Å². The van der Waals surface area contributed by atoms with E-state index < -0.39 is 30.2 Å². The SMILES string of the molecule is CC(O)c1cccc(-c2cc(C(=O)O)cc(C(=O)O)c2)n1.O=C(O)C(F)(F)F. The van der Waals surface area contributed by atoms with E-state index >= 15 is 0 Å². The van der Waals surface area contributed by atoms with Crippen LogP contribution in [0, 0.1) is 0 Å². The van der Waals surface area contributed by atoms with E-state index in [0.29, 0.717) is 17.0 Å². The van der Waals surface area contributed by atoms with E-state index in [4.69, 9.17) is 20.1 Å². The van der Waals surface area contributed by atoms with Gasteiger partial charge in [0.25, 0.3) is 0 Å². The molecule has 1 aromatic heterocycles. The Balaban J connectivity index is 0.000000480. The van der Waals surface area contributed by atoms with Crippen LogP contribution in [0.3, 0.4) is 0 Å². The van der Waals surface area contributed by atoms with Crippen LogP contribution >= 0.6 is 0 Å². The number of aromatic carboxylic acids is 2. The fraction of sp³-hybridized carbons (Fsp3) is 0.176. The summed E-state index contributed by atoms with van der Waals surface area (Å²) in [5.41, 5.74) is 0.933. The number of nitrogens with zero attached hydrogens (tertiary/aromatic N) is 1. The first-order valence-corrected chi connectivity index (χ1v) is 7.40. The molecule has 0 fully saturated rings. The van der Waals surface area contributed by atoms with E-state index in [-0.39, 0.29) is 11.1 Å². The number of carboxylic acid groups (broad SMARTS) is 3. The number of hydrogen-bond donors (Lipinski definition) is 4. The van der Waals surface area contributed by atoms with Crippen LogP contribution < -0.4 is 0 Å². The zero-order chi connectivity index (χ0) is 21.6. The maximum Gasteiger partial charge on any atom is 0.490 e. The van der Waals surface area contributed by atoms with Crippen molar-refractivity contribution in [3.05, 3.63) is 53.2 Å². The largest absolute Gasteiger partial charge is 0.490 e. The highest BCUT2D eigenvalue weighted by Crippen LogP contribution is 2.23. The summed E-state index contributed by atoms with van der Waals surface area (Å²) in [4.78, 5) is 35.3. The van der Waals surface area contributed by atoms with Gasteiger partial charge in [0, 0.05) is 5.56 Å². The van der Waals surface area contributed by atoms with E-state index in [1.165, 1.54) is 12.1 Å². The van der Waals surface area contributed by atoms with Crippen LogP contribution in [-0.4, -0.2) is 49.5 Å². The number of alkyl halides is 3. The molecule has 0 saturated heterocycles. The van der Waals surface area contributed by atoms with Gasteiger partial charge in [-0.3, -0.25) is 4.98 Å². The molecule has 0 aliphatic rings. The van der Waals surface area contributed by atoms with Crippen molar-refractivity contribution in [3.63, 3.8) is 0 Å². The summed E-state index contributed by atoms with van der Waals surface area (Å²) in [5, 5.41) is 34.8. The molecular weight excluding hydrogens is 387 g/mol. The number of hydrogen-bond acceptors (Lipinski definition) is 5. The van der Waals surface area contributed by atoms with Crippen LogP contribution in [0.15, 0.2) is 36.4 Å². The Bertz CT molecular complexity index is 862. The van der Waals surface area contributed by atoms with Gasteiger partial charge >= 0.3 is 24.1 Å². The molecule has 1 unspecified atom stereocenters. The Kier molecular flexibility index (Phi) is 7.21. The summed E-state index contributed by atoms with van der Waals surface area (Å²) in [7, 11) is 0. The minimum absolute atomic E-state index is 0.130. The summed E-state index contributed by atoms with van der Waals surface area (Å²) in [6.07, 6.45) is -5.86. The van der Waals surface area contributed by atoms with E-state index in [1.807, 2.05) is 0 Å². The lowest BCUT2D eigenvalue weighted by molar-refractivity contribution is -0.192. The smallest absolute Gasteiger partial charge is 0.478 e. The number of carboxylic acids is 3.